The van der Waals surface area contributed by atoms with Gasteiger partial charge in [0.05, 0.1) is 0 Å². The molecule has 6 heteroatoms. The van der Waals surface area contributed by atoms with Gasteiger partial charge < -0.3 is 4.74 Å². The highest BCUT2D eigenvalue weighted by atomic mass is 16.5. The third-order valence-electron chi connectivity index (χ3n) is 3.46. The zero-order chi connectivity index (χ0) is 18.9. The Kier molecular flexibility index (Phi) is 5.93. The summed E-state index contributed by atoms with van der Waals surface area (Å²) in [6, 6.07) is 21.7. The molecular weight excluding hydrogens is 342 g/mol. The van der Waals surface area contributed by atoms with E-state index in [4.69, 9.17) is 4.74 Å². The molecule has 0 aliphatic carbocycles. The van der Waals surface area contributed by atoms with Gasteiger partial charge in [0.1, 0.15) is 17.2 Å². The van der Waals surface area contributed by atoms with Crippen molar-refractivity contribution in [2.24, 2.45) is 0 Å². The molecule has 27 heavy (non-hydrogen) atoms. The second-order valence-electron chi connectivity index (χ2n) is 5.48. The highest BCUT2D eigenvalue weighted by Crippen LogP contribution is 2.22. The van der Waals surface area contributed by atoms with Crippen LogP contribution in [0.15, 0.2) is 85.1 Å². The molecule has 3 aromatic rings. The maximum absolute atomic E-state index is 11.9. The van der Waals surface area contributed by atoms with E-state index in [0.29, 0.717) is 5.75 Å². The standard InChI is InChI=1S/C21H17N3O3/c25-20(23-24-21(26)19-11-4-5-14-22-19)13-12-16-7-6-10-18(15-16)27-17-8-2-1-3-9-17/h1-15H,(H,23,25)(H,24,26)/b13-12+. The highest BCUT2D eigenvalue weighted by molar-refractivity contribution is 5.96. The van der Waals surface area contributed by atoms with Crippen LogP contribution >= 0.6 is 0 Å². The summed E-state index contributed by atoms with van der Waals surface area (Å²) < 4.78 is 5.76. The normalized spacial score (nSPS) is 10.4. The van der Waals surface area contributed by atoms with E-state index in [1.54, 1.807) is 24.3 Å². The van der Waals surface area contributed by atoms with Crippen LogP contribution in [0.3, 0.4) is 0 Å². The molecule has 0 radical (unpaired) electrons. The Morgan fingerprint density at radius 1 is 0.852 bits per heavy atom. The van der Waals surface area contributed by atoms with E-state index in [0.717, 1.165) is 11.3 Å². The highest BCUT2D eigenvalue weighted by Gasteiger charge is 2.06. The molecule has 0 saturated heterocycles. The van der Waals surface area contributed by atoms with Crippen molar-refractivity contribution in [1.29, 1.82) is 0 Å². The van der Waals surface area contributed by atoms with Crippen LogP contribution in [0.25, 0.3) is 6.08 Å². The molecule has 0 aliphatic heterocycles. The molecule has 6 nitrogen and oxygen atoms in total. The Morgan fingerprint density at radius 2 is 1.63 bits per heavy atom. The van der Waals surface area contributed by atoms with Gasteiger partial charge in [0.25, 0.3) is 11.8 Å². The Hall–Kier alpha value is -3.93. The Bertz CT molecular complexity index is 941. The minimum Gasteiger partial charge on any atom is -0.457 e. The molecule has 2 aromatic carbocycles. The lowest BCUT2D eigenvalue weighted by Gasteiger charge is -2.06. The molecular formula is C21H17N3O3. The van der Waals surface area contributed by atoms with Crippen LogP contribution in [0.4, 0.5) is 0 Å². The number of amides is 2. The summed E-state index contributed by atoms with van der Waals surface area (Å²) in [7, 11) is 0. The summed E-state index contributed by atoms with van der Waals surface area (Å²) in [5, 5.41) is 0. The molecule has 0 aliphatic rings. The maximum atomic E-state index is 11.9. The summed E-state index contributed by atoms with van der Waals surface area (Å²) in [6.45, 7) is 0. The Morgan fingerprint density at radius 3 is 2.41 bits per heavy atom. The Balaban J connectivity index is 1.55. The van der Waals surface area contributed by atoms with E-state index in [-0.39, 0.29) is 5.69 Å². The predicted molar refractivity (Wildman–Crippen MR) is 102 cm³/mol. The van der Waals surface area contributed by atoms with Gasteiger partial charge in [-0.05, 0) is 48.0 Å². The van der Waals surface area contributed by atoms with Crippen molar-refractivity contribution in [1.82, 2.24) is 15.8 Å². The number of carbonyl (C=O) groups excluding carboxylic acids is 2. The minimum absolute atomic E-state index is 0.215. The first-order valence-electron chi connectivity index (χ1n) is 8.23. The Labute approximate surface area is 156 Å². The molecule has 134 valence electrons. The molecule has 0 atom stereocenters. The van der Waals surface area contributed by atoms with Crippen LogP contribution in [0, 0.1) is 0 Å². The number of nitrogens with one attached hydrogen (secondary N) is 2. The molecule has 2 N–H and O–H groups in total. The van der Waals surface area contributed by atoms with Crippen LogP contribution in [-0.4, -0.2) is 16.8 Å². The first-order chi connectivity index (χ1) is 13.2. The van der Waals surface area contributed by atoms with Crippen LogP contribution in [0.5, 0.6) is 11.5 Å². The summed E-state index contributed by atoms with van der Waals surface area (Å²) in [6.07, 6.45) is 4.45. The van der Waals surface area contributed by atoms with E-state index in [9.17, 15) is 9.59 Å². The molecule has 0 unspecified atom stereocenters. The summed E-state index contributed by atoms with van der Waals surface area (Å²) in [5.74, 6) is 0.435. The zero-order valence-electron chi connectivity index (χ0n) is 14.3. The summed E-state index contributed by atoms with van der Waals surface area (Å²) >= 11 is 0. The zero-order valence-corrected chi connectivity index (χ0v) is 14.3. The van der Waals surface area contributed by atoms with Gasteiger partial charge in [-0.3, -0.25) is 25.4 Å². The number of benzene rings is 2. The van der Waals surface area contributed by atoms with Gasteiger partial charge in [-0.1, -0.05) is 36.4 Å². The number of hydrazine groups is 1. The number of carbonyl (C=O) groups is 2. The fourth-order valence-corrected chi connectivity index (χ4v) is 2.20. The van der Waals surface area contributed by atoms with Gasteiger partial charge in [-0.25, -0.2) is 0 Å². The third kappa shape index (κ3) is 5.54. The number of ether oxygens (including phenoxy) is 1. The van der Waals surface area contributed by atoms with E-state index in [1.165, 1.54) is 12.3 Å². The second kappa shape index (κ2) is 8.96. The number of hydrogen-bond acceptors (Lipinski definition) is 4. The quantitative estimate of drug-likeness (QED) is 0.541. The molecule has 0 spiro atoms. The molecule has 0 saturated carbocycles. The van der Waals surface area contributed by atoms with E-state index in [2.05, 4.69) is 15.8 Å². The van der Waals surface area contributed by atoms with Crippen molar-refractivity contribution in [3.8, 4) is 11.5 Å². The number of pyridine rings is 1. The van der Waals surface area contributed by atoms with Crippen molar-refractivity contribution in [3.63, 3.8) is 0 Å². The maximum Gasteiger partial charge on any atom is 0.288 e. The molecule has 1 aromatic heterocycles. The van der Waals surface area contributed by atoms with Crippen molar-refractivity contribution < 1.29 is 14.3 Å². The van der Waals surface area contributed by atoms with E-state index >= 15 is 0 Å². The molecule has 2 amide bonds. The lowest BCUT2D eigenvalue weighted by molar-refractivity contribution is -0.117. The van der Waals surface area contributed by atoms with Gasteiger partial charge in [-0.2, -0.15) is 0 Å². The molecule has 0 fully saturated rings. The van der Waals surface area contributed by atoms with E-state index < -0.39 is 11.8 Å². The smallest absolute Gasteiger partial charge is 0.288 e. The van der Waals surface area contributed by atoms with Crippen LogP contribution in [0.2, 0.25) is 0 Å². The fraction of sp³-hybridized carbons (Fsp3) is 0. The lowest BCUT2D eigenvalue weighted by Crippen LogP contribution is -2.41. The fourth-order valence-electron chi connectivity index (χ4n) is 2.20. The number of nitrogens with zero attached hydrogens (tertiary/aromatic N) is 1. The summed E-state index contributed by atoms with van der Waals surface area (Å²) in [4.78, 5) is 27.6. The van der Waals surface area contributed by atoms with Crippen molar-refractivity contribution >= 4 is 17.9 Å². The van der Waals surface area contributed by atoms with Crippen LogP contribution in [-0.2, 0) is 4.79 Å². The predicted octanol–water partition coefficient (Wildman–Crippen LogP) is 3.35. The third-order valence-corrected chi connectivity index (χ3v) is 3.46. The summed E-state index contributed by atoms with van der Waals surface area (Å²) in [5.41, 5.74) is 5.61. The van der Waals surface area contributed by atoms with E-state index in [1.807, 2.05) is 54.6 Å². The first-order valence-corrected chi connectivity index (χ1v) is 8.23. The van der Waals surface area contributed by atoms with Crippen LogP contribution in [0.1, 0.15) is 16.1 Å². The minimum atomic E-state index is -0.490. The largest absolute Gasteiger partial charge is 0.457 e. The number of rotatable bonds is 5. The van der Waals surface area contributed by atoms with Gasteiger partial charge in [-0.15, -0.1) is 0 Å². The average Bonchev–Trinajstić information content (AvgIpc) is 2.72. The average molecular weight is 359 g/mol. The van der Waals surface area contributed by atoms with Crippen LogP contribution < -0.4 is 15.6 Å². The number of hydrogen-bond donors (Lipinski definition) is 2. The van der Waals surface area contributed by atoms with Crippen molar-refractivity contribution in [2.45, 2.75) is 0 Å². The van der Waals surface area contributed by atoms with Gasteiger partial charge in [0, 0.05) is 12.3 Å². The van der Waals surface area contributed by atoms with Crippen molar-refractivity contribution in [3.05, 3.63) is 96.3 Å². The molecule has 0 bridgehead atoms. The number of aromatic nitrogens is 1. The lowest BCUT2D eigenvalue weighted by atomic mass is 10.2. The van der Waals surface area contributed by atoms with Gasteiger partial charge in [0.2, 0.25) is 0 Å². The molecule has 3 rings (SSSR count). The SMILES string of the molecule is O=C(/C=C/c1cccc(Oc2ccccc2)c1)NNC(=O)c1ccccn1. The second-order valence-corrected chi connectivity index (χ2v) is 5.48. The van der Waals surface area contributed by atoms with Gasteiger partial charge in [0.15, 0.2) is 0 Å². The van der Waals surface area contributed by atoms with Gasteiger partial charge >= 0.3 is 0 Å². The first kappa shape index (κ1) is 17.9. The number of para-hydroxylation sites is 1. The molecule has 1 heterocycles. The topological polar surface area (TPSA) is 80.3 Å². The monoisotopic (exact) mass is 359 g/mol. The van der Waals surface area contributed by atoms with Crippen molar-refractivity contribution in [2.75, 3.05) is 0 Å².